The molecule has 0 fully saturated rings. The molecule has 1 unspecified atom stereocenters. The SMILES string of the molecule is CN(Cc1ccsc1)Cc1ccc(C(=O)NC(c2ccccc2)c2ccc(Cl)cc2)c(=O)[nH]1. The number of hydrogen-bond acceptors (Lipinski definition) is 4. The van der Waals surface area contributed by atoms with E-state index >= 15 is 0 Å². The summed E-state index contributed by atoms with van der Waals surface area (Å²) in [5.74, 6) is -0.432. The number of thiophene rings is 1. The van der Waals surface area contributed by atoms with Crippen LogP contribution in [0.25, 0.3) is 0 Å². The number of H-pyrrole nitrogens is 1. The van der Waals surface area contributed by atoms with Gasteiger partial charge in [0.1, 0.15) is 5.56 Å². The Morgan fingerprint density at radius 2 is 1.73 bits per heavy atom. The Morgan fingerprint density at radius 1 is 1.00 bits per heavy atom. The first-order valence-corrected chi connectivity index (χ1v) is 11.8. The Labute approximate surface area is 201 Å². The molecule has 5 nitrogen and oxygen atoms in total. The minimum Gasteiger partial charge on any atom is -0.341 e. The second-order valence-electron chi connectivity index (χ2n) is 7.90. The van der Waals surface area contributed by atoms with E-state index in [9.17, 15) is 9.59 Å². The van der Waals surface area contributed by atoms with E-state index in [-0.39, 0.29) is 5.56 Å². The molecule has 0 aliphatic heterocycles. The minimum atomic E-state index is -0.432. The van der Waals surface area contributed by atoms with Crippen LogP contribution in [0, 0.1) is 0 Å². The quantitative estimate of drug-likeness (QED) is 0.364. The van der Waals surface area contributed by atoms with Crippen LogP contribution in [0.4, 0.5) is 0 Å². The number of carbonyl (C=O) groups excluding carboxylic acids is 1. The number of pyridine rings is 1. The topological polar surface area (TPSA) is 65.2 Å². The average molecular weight is 478 g/mol. The van der Waals surface area contributed by atoms with E-state index in [1.165, 1.54) is 5.56 Å². The molecule has 2 aromatic heterocycles. The lowest BCUT2D eigenvalue weighted by Crippen LogP contribution is -2.33. The molecule has 1 atom stereocenters. The van der Waals surface area contributed by atoms with Gasteiger partial charge in [-0.1, -0.05) is 54.1 Å². The van der Waals surface area contributed by atoms with Crippen LogP contribution in [0.15, 0.2) is 88.4 Å². The molecular weight excluding hydrogens is 454 g/mol. The maximum atomic E-state index is 13.1. The van der Waals surface area contributed by atoms with Crippen molar-refractivity contribution >= 4 is 28.8 Å². The van der Waals surface area contributed by atoms with Gasteiger partial charge in [-0.25, -0.2) is 0 Å². The van der Waals surface area contributed by atoms with Gasteiger partial charge in [0.15, 0.2) is 0 Å². The smallest absolute Gasteiger partial charge is 0.261 e. The molecule has 0 aliphatic carbocycles. The maximum Gasteiger partial charge on any atom is 0.261 e. The van der Waals surface area contributed by atoms with E-state index < -0.39 is 17.5 Å². The molecule has 0 saturated carbocycles. The molecule has 2 aromatic carbocycles. The Hall–Kier alpha value is -3.19. The minimum absolute atomic E-state index is 0.0779. The monoisotopic (exact) mass is 477 g/mol. The molecule has 0 saturated heterocycles. The highest BCUT2D eigenvalue weighted by molar-refractivity contribution is 7.07. The molecule has 4 rings (SSSR count). The second-order valence-corrected chi connectivity index (χ2v) is 9.12. The first-order chi connectivity index (χ1) is 16.0. The van der Waals surface area contributed by atoms with Gasteiger partial charge in [0.25, 0.3) is 11.5 Å². The van der Waals surface area contributed by atoms with Crippen LogP contribution in [0.3, 0.4) is 0 Å². The number of aromatic amines is 1. The summed E-state index contributed by atoms with van der Waals surface area (Å²) in [6, 6.07) is 22.0. The highest BCUT2D eigenvalue weighted by Crippen LogP contribution is 2.24. The molecule has 2 heterocycles. The van der Waals surface area contributed by atoms with Crippen LogP contribution in [0.2, 0.25) is 5.02 Å². The van der Waals surface area contributed by atoms with Gasteiger partial charge in [0.05, 0.1) is 6.04 Å². The van der Waals surface area contributed by atoms with Gasteiger partial charge in [-0.05, 0) is 64.8 Å². The van der Waals surface area contributed by atoms with Gasteiger partial charge in [0.2, 0.25) is 0 Å². The molecule has 1 amide bonds. The van der Waals surface area contributed by atoms with Gasteiger partial charge < -0.3 is 10.3 Å². The number of aromatic nitrogens is 1. The third-order valence-corrected chi connectivity index (χ3v) is 6.28. The summed E-state index contributed by atoms with van der Waals surface area (Å²) < 4.78 is 0. The van der Waals surface area contributed by atoms with Crippen molar-refractivity contribution in [1.29, 1.82) is 0 Å². The van der Waals surface area contributed by atoms with E-state index in [0.717, 1.165) is 23.4 Å². The van der Waals surface area contributed by atoms with Crippen LogP contribution in [0.5, 0.6) is 0 Å². The standard InChI is InChI=1S/C26H24ClN3O2S/c1-30(15-18-13-14-33-17-18)16-22-11-12-23(25(31)28-22)26(32)29-24(19-5-3-2-4-6-19)20-7-9-21(27)10-8-20/h2-14,17,24H,15-16H2,1H3,(H,28,31)(H,29,32). The number of benzene rings is 2. The van der Waals surface area contributed by atoms with Crippen LogP contribution in [-0.4, -0.2) is 22.8 Å². The predicted octanol–water partition coefficient (Wildman–Crippen LogP) is 5.24. The highest BCUT2D eigenvalue weighted by atomic mass is 35.5. The molecule has 0 radical (unpaired) electrons. The highest BCUT2D eigenvalue weighted by Gasteiger charge is 2.20. The van der Waals surface area contributed by atoms with E-state index in [0.29, 0.717) is 11.6 Å². The maximum absolute atomic E-state index is 13.1. The van der Waals surface area contributed by atoms with Crippen molar-refractivity contribution in [2.75, 3.05) is 7.05 Å². The fourth-order valence-corrected chi connectivity index (χ4v) is 4.48. The largest absolute Gasteiger partial charge is 0.341 e. The number of halogens is 1. The van der Waals surface area contributed by atoms with E-state index in [1.807, 2.05) is 54.9 Å². The summed E-state index contributed by atoms with van der Waals surface area (Å²) in [4.78, 5) is 30.8. The fourth-order valence-electron chi connectivity index (χ4n) is 3.70. The number of nitrogens with zero attached hydrogens (tertiary/aromatic N) is 1. The van der Waals surface area contributed by atoms with Crippen molar-refractivity contribution < 1.29 is 4.79 Å². The summed E-state index contributed by atoms with van der Waals surface area (Å²) in [7, 11) is 1.99. The van der Waals surface area contributed by atoms with Crippen LogP contribution in [-0.2, 0) is 13.1 Å². The predicted molar refractivity (Wildman–Crippen MR) is 134 cm³/mol. The van der Waals surface area contributed by atoms with Gasteiger partial charge in [0, 0.05) is 23.8 Å². The Morgan fingerprint density at radius 3 is 2.39 bits per heavy atom. The first-order valence-electron chi connectivity index (χ1n) is 10.5. The molecule has 2 N–H and O–H groups in total. The number of carbonyl (C=O) groups is 1. The van der Waals surface area contributed by atoms with Crippen LogP contribution >= 0.6 is 22.9 Å². The molecule has 168 valence electrons. The van der Waals surface area contributed by atoms with Gasteiger partial charge in [-0.2, -0.15) is 11.3 Å². The molecule has 0 bridgehead atoms. The number of amides is 1. The van der Waals surface area contributed by atoms with Crippen LogP contribution < -0.4 is 10.9 Å². The Balaban J connectivity index is 1.51. The van der Waals surface area contributed by atoms with E-state index in [2.05, 4.69) is 26.6 Å². The van der Waals surface area contributed by atoms with Crippen molar-refractivity contribution in [3.05, 3.63) is 127 Å². The fraction of sp³-hybridized carbons (Fsp3) is 0.154. The molecule has 33 heavy (non-hydrogen) atoms. The zero-order valence-electron chi connectivity index (χ0n) is 18.1. The van der Waals surface area contributed by atoms with Gasteiger partial charge in [-0.15, -0.1) is 0 Å². The molecular formula is C26H24ClN3O2S. The third-order valence-electron chi connectivity index (χ3n) is 5.30. The first kappa shape index (κ1) is 23.0. The Bertz CT molecular complexity index is 1250. The summed E-state index contributed by atoms with van der Waals surface area (Å²) in [5, 5.41) is 7.78. The van der Waals surface area contributed by atoms with Crippen molar-refractivity contribution in [2.24, 2.45) is 0 Å². The number of hydrogen-bond donors (Lipinski definition) is 2. The Kier molecular flexibility index (Phi) is 7.40. The van der Waals surface area contributed by atoms with Gasteiger partial charge >= 0.3 is 0 Å². The van der Waals surface area contributed by atoms with E-state index in [1.54, 1.807) is 35.6 Å². The summed E-state index contributed by atoms with van der Waals surface area (Å²) >= 11 is 7.70. The zero-order chi connectivity index (χ0) is 23.2. The van der Waals surface area contributed by atoms with Crippen molar-refractivity contribution in [2.45, 2.75) is 19.1 Å². The second kappa shape index (κ2) is 10.6. The summed E-state index contributed by atoms with van der Waals surface area (Å²) in [5.41, 5.74) is 3.45. The normalized spacial score (nSPS) is 12.0. The van der Waals surface area contributed by atoms with Crippen molar-refractivity contribution in [1.82, 2.24) is 15.2 Å². The summed E-state index contributed by atoms with van der Waals surface area (Å²) in [6.45, 7) is 1.36. The molecule has 0 aliphatic rings. The lowest BCUT2D eigenvalue weighted by molar-refractivity contribution is 0.0941. The number of nitrogens with one attached hydrogen (secondary N) is 2. The lowest BCUT2D eigenvalue weighted by atomic mass is 9.98. The molecule has 7 heteroatoms. The van der Waals surface area contributed by atoms with Crippen molar-refractivity contribution in [3.63, 3.8) is 0 Å². The zero-order valence-corrected chi connectivity index (χ0v) is 19.7. The molecule has 4 aromatic rings. The molecule has 0 spiro atoms. The average Bonchev–Trinajstić information content (AvgIpc) is 3.31. The van der Waals surface area contributed by atoms with Crippen molar-refractivity contribution in [3.8, 4) is 0 Å². The third kappa shape index (κ3) is 5.99. The van der Waals surface area contributed by atoms with Gasteiger partial charge in [-0.3, -0.25) is 14.5 Å². The lowest BCUT2D eigenvalue weighted by Gasteiger charge is -2.20. The summed E-state index contributed by atoms with van der Waals surface area (Å²) in [6.07, 6.45) is 0. The van der Waals surface area contributed by atoms with E-state index in [4.69, 9.17) is 11.6 Å². The number of rotatable bonds is 8. The van der Waals surface area contributed by atoms with Crippen LogP contribution in [0.1, 0.15) is 38.8 Å².